The Morgan fingerprint density at radius 1 is 1.41 bits per heavy atom. The fourth-order valence-corrected chi connectivity index (χ4v) is 1.88. The molecule has 0 bridgehead atoms. The van der Waals surface area contributed by atoms with Crippen LogP contribution in [0.5, 0.6) is 0 Å². The van der Waals surface area contributed by atoms with Crippen molar-refractivity contribution in [3.8, 4) is 0 Å². The molecule has 0 aromatic heterocycles. The summed E-state index contributed by atoms with van der Waals surface area (Å²) < 4.78 is 5.38. The number of benzene rings is 1. The third kappa shape index (κ3) is 5.33. The first-order valence-electron chi connectivity index (χ1n) is 7.18. The predicted octanol–water partition coefficient (Wildman–Crippen LogP) is 2.21. The number of carbonyl (C=O) groups is 1. The summed E-state index contributed by atoms with van der Waals surface area (Å²) in [7, 11) is 3.44. The number of nitrogens with zero attached hydrogens (tertiary/aromatic N) is 2. The summed E-state index contributed by atoms with van der Waals surface area (Å²) in [5.74, 6) is -0.321. The molecule has 1 N–H and O–H groups in total. The van der Waals surface area contributed by atoms with E-state index in [-0.39, 0.29) is 23.3 Å². The van der Waals surface area contributed by atoms with Crippen molar-refractivity contribution < 1.29 is 14.5 Å². The van der Waals surface area contributed by atoms with E-state index in [9.17, 15) is 14.9 Å². The molecule has 0 aliphatic rings. The summed E-state index contributed by atoms with van der Waals surface area (Å²) in [6, 6.07) is 4.46. The lowest BCUT2D eigenvalue weighted by Crippen LogP contribution is -2.25. The molecule has 0 saturated heterocycles. The number of ether oxygens (including phenoxy) is 1. The molecule has 1 aromatic rings. The molecule has 0 saturated carbocycles. The highest BCUT2D eigenvalue weighted by Crippen LogP contribution is 2.27. The summed E-state index contributed by atoms with van der Waals surface area (Å²) in [5, 5.41) is 13.8. The van der Waals surface area contributed by atoms with Gasteiger partial charge in [0.15, 0.2) is 0 Å². The molecule has 122 valence electrons. The largest absolute Gasteiger partial charge is 0.379 e. The molecule has 0 aliphatic heterocycles. The van der Waals surface area contributed by atoms with Crippen LogP contribution in [0.4, 0.5) is 11.4 Å². The molecule has 1 rings (SSSR count). The first-order chi connectivity index (χ1) is 10.3. The standard InChI is InChI=1S/C15H23N3O4/c1-11(2)22-9-5-8-16-15(19)12-6-7-13(17(3)4)14(10-12)18(20)21/h6-7,10-11H,5,8-9H2,1-4H3,(H,16,19). The monoisotopic (exact) mass is 309 g/mol. The van der Waals surface area contributed by atoms with Gasteiger partial charge in [-0.3, -0.25) is 14.9 Å². The number of nitro groups is 1. The Kier molecular flexibility index (Phi) is 6.78. The second-order valence-electron chi connectivity index (χ2n) is 5.38. The van der Waals surface area contributed by atoms with E-state index < -0.39 is 4.92 Å². The minimum Gasteiger partial charge on any atom is -0.379 e. The lowest BCUT2D eigenvalue weighted by molar-refractivity contribution is -0.384. The van der Waals surface area contributed by atoms with Crippen molar-refractivity contribution in [2.45, 2.75) is 26.4 Å². The molecule has 0 unspecified atom stereocenters. The number of rotatable bonds is 8. The zero-order valence-corrected chi connectivity index (χ0v) is 13.5. The molecular formula is C15H23N3O4. The van der Waals surface area contributed by atoms with E-state index in [1.165, 1.54) is 6.07 Å². The van der Waals surface area contributed by atoms with Crippen molar-refractivity contribution in [2.24, 2.45) is 0 Å². The molecule has 0 fully saturated rings. The number of nitrogens with one attached hydrogen (secondary N) is 1. The van der Waals surface area contributed by atoms with Gasteiger partial charge in [0.25, 0.3) is 11.6 Å². The Balaban J connectivity index is 2.66. The lowest BCUT2D eigenvalue weighted by atomic mass is 10.1. The molecule has 7 heteroatoms. The minimum atomic E-state index is -0.484. The topological polar surface area (TPSA) is 84.7 Å². The van der Waals surface area contributed by atoms with Gasteiger partial charge in [-0.05, 0) is 32.4 Å². The van der Waals surface area contributed by atoms with Crippen LogP contribution < -0.4 is 10.2 Å². The van der Waals surface area contributed by atoms with Crippen LogP contribution in [0.3, 0.4) is 0 Å². The average Bonchev–Trinajstić information content (AvgIpc) is 2.45. The first-order valence-corrected chi connectivity index (χ1v) is 7.18. The lowest BCUT2D eigenvalue weighted by Gasteiger charge is -2.13. The third-order valence-corrected chi connectivity index (χ3v) is 2.97. The van der Waals surface area contributed by atoms with Crippen molar-refractivity contribution in [2.75, 3.05) is 32.1 Å². The molecule has 1 aromatic carbocycles. The van der Waals surface area contributed by atoms with Crippen LogP contribution in [0.2, 0.25) is 0 Å². The Hall–Kier alpha value is -2.15. The van der Waals surface area contributed by atoms with E-state index in [1.54, 1.807) is 31.1 Å². The highest BCUT2D eigenvalue weighted by Gasteiger charge is 2.18. The molecule has 0 atom stereocenters. The first kappa shape index (κ1) is 17.9. The molecular weight excluding hydrogens is 286 g/mol. The summed E-state index contributed by atoms with van der Waals surface area (Å²) in [6.45, 7) is 4.93. The van der Waals surface area contributed by atoms with Gasteiger partial charge in [-0.15, -0.1) is 0 Å². The van der Waals surface area contributed by atoms with Gasteiger partial charge in [0.2, 0.25) is 0 Å². The number of nitro benzene ring substituents is 1. The van der Waals surface area contributed by atoms with Crippen LogP contribution in [0.25, 0.3) is 0 Å². The molecule has 0 heterocycles. The number of hydrogen-bond donors (Lipinski definition) is 1. The maximum Gasteiger partial charge on any atom is 0.293 e. The molecule has 7 nitrogen and oxygen atoms in total. The van der Waals surface area contributed by atoms with Crippen molar-refractivity contribution in [3.63, 3.8) is 0 Å². The Bertz CT molecular complexity index is 530. The molecule has 0 aliphatic carbocycles. The van der Waals surface area contributed by atoms with Gasteiger partial charge in [0, 0.05) is 38.9 Å². The van der Waals surface area contributed by atoms with E-state index >= 15 is 0 Å². The average molecular weight is 309 g/mol. The summed E-state index contributed by atoms with van der Waals surface area (Å²) in [5.41, 5.74) is 0.662. The van der Waals surface area contributed by atoms with Crippen LogP contribution in [0, 0.1) is 10.1 Å². The number of amides is 1. The van der Waals surface area contributed by atoms with E-state index in [4.69, 9.17) is 4.74 Å². The van der Waals surface area contributed by atoms with Gasteiger partial charge >= 0.3 is 0 Å². The third-order valence-electron chi connectivity index (χ3n) is 2.97. The molecule has 22 heavy (non-hydrogen) atoms. The fourth-order valence-electron chi connectivity index (χ4n) is 1.88. The van der Waals surface area contributed by atoms with Crippen molar-refractivity contribution in [1.29, 1.82) is 0 Å². The minimum absolute atomic E-state index is 0.0826. The van der Waals surface area contributed by atoms with Gasteiger partial charge in [-0.1, -0.05) is 0 Å². The number of carbonyl (C=O) groups excluding carboxylic acids is 1. The molecule has 1 amide bonds. The fraction of sp³-hybridized carbons (Fsp3) is 0.533. The smallest absolute Gasteiger partial charge is 0.293 e. The maximum absolute atomic E-state index is 12.0. The summed E-state index contributed by atoms with van der Waals surface area (Å²) in [4.78, 5) is 24.3. The zero-order valence-electron chi connectivity index (χ0n) is 13.5. The van der Waals surface area contributed by atoms with Gasteiger partial charge in [0.05, 0.1) is 11.0 Å². The maximum atomic E-state index is 12.0. The SMILES string of the molecule is CC(C)OCCCNC(=O)c1ccc(N(C)C)c([N+](=O)[O-])c1. The van der Waals surface area contributed by atoms with E-state index in [2.05, 4.69) is 5.32 Å². The Labute approximate surface area is 130 Å². The van der Waals surface area contributed by atoms with Gasteiger partial charge in [-0.25, -0.2) is 0 Å². The van der Waals surface area contributed by atoms with E-state index in [0.717, 1.165) is 0 Å². The van der Waals surface area contributed by atoms with Crippen molar-refractivity contribution in [1.82, 2.24) is 5.32 Å². The van der Waals surface area contributed by atoms with E-state index in [1.807, 2.05) is 13.8 Å². The van der Waals surface area contributed by atoms with Crippen LogP contribution >= 0.6 is 0 Å². The summed E-state index contributed by atoms with van der Waals surface area (Å²) in [6.07, 6.45) is 0.860. The van der Waals surface area contributed by atoms with Gasteiger partial charge in [-0.2, -0.15) is 0 Å². The van der Waals surface area contributed by atoms with Crippen molar-refractivity contribution >= 4 is 17.3 Å². The van der Waals surface area contributed by atoms with Crippen LogP contribution in [-0.2, 0) is 4.74 Å². The summed E-state index contributed by atoms with van der Waals surface area (Å²) >= 11 is 0. The second-order valence-corrected chi connectivity index (χ2v) is 5.38. The van der Waals surface area contributed by atoms with Crippen LogP contribution in [0.15, 0.2) is 18.2 Å². The predicted molar refractivity (Wildman–Crippen MR) is 85.5 cm³/mol. The van der Waals surface area contributed by atoms with Gasteiger partial charge in [0.1, 0.15) is 5.69 Å². The highest BCUT2D eigenvalue weighted by molar-refractivity contribution is 5.95. The zero-order chi connectivity index (χ0) is 16.7. The number of anilines is 1. The normalized spacial score (nSPS) is 10.6. The molecule has 0 radical (unpaired) electrons. The van der Waals surface area contributed by atoms with Crippen LogP contribution in [-0.4, -0.2) is 44.2 Å². The quantitative estimate of drug-likeness (QED) is 0.452. The second kappa shape index (κ2) is 8.33. The van der Waals surface area contributed by atoms with E-state index in [0.29, 0.717) is 25.3 Å². The Morgan fingerprint density at radius 2 is 2.09 bits per heavy atom. The number of hydrogen-bond acceptors (Lipinski definition) is 5. The van der Waals surface area contributed by atoms with Gasteiger partial charge < -0.3 is 15.0 Å². The molecule has 0 spiro atoms. The Morgan fingerprint density at radius 3 is 2.64 bits per heavy atom. The van der Waals surface area contributed by atoms with Crippen molar-refractivity contribution in [3.05, 3.63) is 33.9 Å². The van der Waals surface area contributed by atoms with Crippen LogP contribution in [0.1, 0.15) is 30.6 Å². The highest BCUT2D eigenvalue weighted by atomic mass is 16.6.